The van der Waals surface area contributed by atoms with E-state index in [9.17, 15) is 9.90 Å². The van der Waals surface area contributed by atoms with Crippen LogP contribution in [0.3, 0.4) is 0 Å². The van der Waals surface area contributed by atoms with Crippen molar-refractivity contribution in [1.82, 2.24) is 0 Å². The summed E-state index contributed by atoms with van der Waals surface area (Å²) in [4.78, 5) is 11.1. The number of hydrogen-bond donors (Lipinski definition) is 1. The Morgan fingerprint density at radius 3 is 2.65 bits per heavy atom. The van der Waals surface area contributed by atoms with Gasteiger partial charge in [-0.1, -0.05) is 42.5 Å². The van der Waals surface area contributed by atoms with Crippen LogP contribution in [-0.2, 0) is 16.0 Å². The standard InChI is InChI=1S/C14H14O3/c1-17-14(16)13(15)9-10-6-7-11-4-2-3-5-12(11)8-10/h2-8,13,15H,9H2,1H3. The summed E-state index contributed by atoms with van der Waals surface area (Å²) in [6, 6.07) is 13.8. The molecule has 0 fully saturated rings. The van der Waals surface area contributed by atoms with Crippen LogP contribution in [0.4, 0.5) is 0 Å². The van der Waals surface area contributed by atoms with Crippen molar-refractivity contribution < 1.29 is 14.6 Å². The maximum atomic E-state index is 11.1. The first-order valence-corrected chi connectivity index (χ1v) is 5.44. The van der Waals surface area contributed by atoms with Crippen LogP contribution in [0.5, 0.6) is 0 Å². The summed E-state index contributed by atoms with van der Waals surface area (Å²) in [7, 11) is 1.27. The molecule has 0 aromatic heterocycles. The molecule has 0 aliphatic heterocycles. The van der Waals surface area contributed by atoms with Gasteiger partial charge in [0.1, 0.15) is 0 Å². The molecule has 17 heavy (non-hydrogen) atoms. The van der Waals surface area contributed by atoms with E-state index in [2.05, 4.69) is 4.74 Å². The van der Waals surface area contributed by atoms with Gasteiger partial charge >= 0.3 is 5.97 Å². The van der Waals surface area contributed by atoms with Gasteiger partial charge in [0.2, 0.25) is 0 Å². The quantitative estimate of drug-likeness (QED) is 0.819. The van der Waals surface area contributed by atoms with E-state index in [1.54, 1.807) is 0 Å². The molecule has 0 bridgehead atoms. The van der Waals surface area contributed by atoms with E-state index in [1.165, 1.54) is 7.11 Å². The van der Waals surface area contributed by atoms with Crippen molar-refractivity contribution in [3.05, 3.63) is 48.0 Å². The molecule has 0 aliphatic carbocycles. The third kappa shape index (κ3) is 2.63. The summed E-state index contributed by atoms with van der Waals surface area (Å²) < 4.78 is 4.48. The maximum Gasteiger partial charge on any atom is 0.335 e. The molecule has 3 heteroatoms. The van der Waals surface area contributed by atoms with E-state index in [0.29, 0.717) is 0 Å². The van der Waals surface area contributed by atoms with Crippen molar-refractivity contribution in [2.75, 3.05) is 7.11 Å². The summed E-state index contributed by atoms with van der Waals surface area (Å²) in [6.07, 6.45) is -0.821. The van der Waals surface area contributed by atoms with Crippen LogP contribution in [0.2, 0.25) is 0 Å². The molecule has 0 amide bonds. The predicted octanol–water partition coefficient (Wildman–Crippen LogP) is 1.92. The molecule has 3 nitrogen and oxygen atoms in total. The number of aliphatic hydroxyl groups is 1. The van der Waals surface area contributed by atoms with Crippen molar-refractivity contribution in [2.45, 2.75) is 12.5 Å². The normalized spacial score (nSPS) is 12.4. The molecule has 1 N–H and O–H groups in total. The molecule has 0 spiro atoms. The smallest absolute Gasteiger partial charge is 0.335 e. The fourth-order valence-electron chi connectivity index (χ4n) is 1.81. The van der Waals surface area contributed by atoms with Gasteiger partial charge in [0.05, 0.1) is 7.11 Å². The molecule has 1 atom stereocenters. The van der Waals surface area contributed by atoms with Gasteiger partial charge in [0.15, 0.2) is 6.10 Å². The van der Waals surface area contributed by atoms with Crippen LogP contribution in [0, 0.1) is 0 Å². The van der Waals surface area contributed by atoms with Crippen molar-refractivity contribution in [3.8, 4) is 0 Å². The lowest BCUT2D eigenvalue weighted by molar-refractivity contribution is -0.150. The average molecular weight is 230 g/mol. The van der Waals surface area contributed by atoms with E-state index >= 15 is 0 Å². The van der Waals surface area contributed by atoms with Gasteiger partial charge < -0.3 is 9.84 Å². The Bertz CT molecular complexity index is 534. The Morgan fingerprint density at radius 1 is 1.24 bits per heavy atom. The zero-order valence-electron chi connectivity index (χ0n) is 9.59. The molecule has 0 heterocycles. The summed E-state index contributed by atoms with van der Waals surface area (Å²) in [5.74, 6) is -0.599. The fraction of sp³-hybridized carbons (Fsp3) is 0.214. The second kappa shape index (κ2) is 4.97. The van der Waals surface area contributed by atoms with Crippen LogP contribution in [0.25, 0.3) is 10.8 Å². The van der Waals surface area contributed by atoms with Gasteiger partial charge in [-0.3, -0.25) is 0 Å². The van der Waals surface area contributed by atoms with Crippen molar-refractivity contribution in [3.63, 3.8) is 0 Å². The minimum absolute atomic E-state index is 0.275. The van der Waals surface area contributed by atoms with Crippen LogP contribution in [0.15, 0.2) is 42.5 Å². The van der Waals surface area contributed by atoms with Gasteiger partial charge in [-0.05, 0) is 16.3 Å². The molecule has 88 valence electrons. The lowest BCUT2D eigenvalue weighted by atomic mass is 10.0. The molecule has 0 saturated carbocycles. The Labute approximate surface area is 99.6 Å². The van der Waals surface area contributed by atoms with E-state index in [0.717, 1.165) is 16.3 Å². The highest BCUT2D eigenvalue weighted by molar-refractivity contribution is 5.83. The number of hydrogen-bond acceptors (Lipinski definition) is 3. The van der Waals surface area contributed by atoms with E-state index in [1.807, 2.05) is 42.5 Å². The van der Waals surface area contributed by atoms with Crippen LogP contribution in [0.1, 0.15) is 5.56 Å². The Kier molecular flexibility index (Phi) is 3.40. The summed E-state index contributed by atoms with van der Waals surface area (Å²) in [6.45, 7) is 0. The molecule has 0 radical (unpaired) electrons. The van der Waals surface area contributed by atoms with Gasteiger partial charge in [-0.25, -0.2) is 4.79 Å². The number of benzene rings is 2. The third-order valence-corrected chi connectivity index (χ3v) is 2.72. The first kappa shape index (κ1) is 11.6. The number of ether oxygens (including phenoxy) is 1. The maximum absolute atomic E-state index is 11.1. The SMILES string of the molecule is COC(=O)C(O)Cc1ccc2ccccc2c1. The minimum Gasteiger partial charge on any atom is -0.467 e. The van der Waals surface area contributed by atoms with Gasteiger partial charge in [0, 0.05) is 6.42 Å². The number of esters is 1. The second-order valence-electron chi connectivity index (χ2n) is 3.92. The van der Waals surface area contributed by atoms with Gasteiger partial charge in [0.25, 0.3) is 0 Å². The zero-order chi connectivity index (χ0) is 12.3. The highest BCUT2D eigenvalue weighted by Crippen LogP contribution is 2.16. The van der Waals surface area contributed by atoms with Gasteiger partial charge in [-0.15, -0.1) is 0 Å². The number of carbonyl (C=O) groups is 1. The van der Waals surface area contributed by atoms with Crippen molar-refractivity contribution >= 4 is 16.7 Å². The van der Waals surface area contributed by atoms with E-state index in [4.69, 9.17) is 0 Å². The van der Waals surface area contributed by atoms with E-state index in [-0.39, 0.29) is 6.42 Å². The van der Waals surface area contributed by atoms with E-state index < -0.39 is 12.1 Å². The summed E-state index contributed by atoms with van der Waals surface area (Å²) in [5, 5.41) is 11.8. The first-order valence-electron chi connectivity index (χ1n) is 5.44. The molecule has 2 rings (SSSR count). The number of aliphatic hydroxyl groups excluding tert-OH is 1. The average Bonchev–Trinajstić information content (AvgIpc) is 2.37. The largest absolute Gasteiger partial charge is 0.467 e. The van der Waals surface area contributed by atoms with Crippen LogP contribution < -0.4 is 0 Å². The number of carbonyl (C=O) groups excluding carboxylic acids is 1. The molecule has 0 aliphatic rings. The zero-order valence-corrected chi connectivity index (χ0v) is 9.59. The summed E-state index contributed by atoms with van der Waals surface area (Å²) >= 11 is 0. The second-order valence-corrected chi connectivity index (χ2v) is 3.92. The van der Waals surface area contributed by atoms with Crippen molar-refractivity contribution in [1.29, 1.82) is 0 Å². The minimum atomic E-state index is -1.10. The molecule has 1 unspecified atom stereocenters. The highest BCUT2D eigenvalue weighted by atomic mass is 16.5. The number of fused-ring (bicyclic) bond motifs is 1. The Balaban J connectivity index is 2.22. The first-order chi connectivity index (χ1) is 8.20. The Morgan fingerprint density at radius 2 is 1.94 bits per heavy atom. The summed E-state index contributed by atoms with van der Waals surface area (Å²) in [5.41, 5.74) is 0.918. The lowest BCUT2D eigenvalue weighted by Crippen LogP contribution is -2.24. The van der Waals surface area contributed by atoms with Crippen LogP contribution in [-0.4, -0.2) is 24.3 Å². The number of rotatable bonds is 3. The van der Waals surface area contributed by atoms with Crippen molar-refractivity contribution in [2.24, 2.45) is 0 Å². The monoisotopic (exact) mass is 230 g/mol. The number of methoxy groups -OCH3 is 1. The molecule has 2 aromatic rings. The van der Waals surface area contributed by atoms with Gasteiger partial charge in [-0.2, -0.15) is 0 Å². The molecule has 2 aromatic carbocycles. The lowest BCUT2D eigenvalue weighted by Gasteiger charge is -2.08. The molecular weight excluding hydrogens is 216 g/mol. The third-order valence-electron chi connectivity index (χ3n) is 2.72. The molecular formula is C14H14O3. The molecule has 0 saturated heterocycles. The predicted molar refractivity (Wildman–Crippen MR) is 65.7 cm³/mol. The van der Waals surface area contributed by atoms with Crippen LogP contribution >= 0.6 is 0 Å². The Hall–Kier alpha value is -1.87. The highest BCUT2D eigenvalue weighted by Gasteiger charge is 2.15. The fourth-order valence-corrected chi connectivity index (χ4v) is 1.81. The topological polar surface area (TPSA) is 46.5 Å².